The van der Waals surface area contributed by atoms with Gasteiger partial charge in [-0.2, -0.15) is 0 Å². The molecule has 1 aromatic heterocycles. The highest BCUT2D eigenvalue weighted by atomic mass is 16.3. The smallest absolute Gasteiger partial charge is 0.309 e. The molecule has 1 fully saturated rings. The molecule has 1 aromatic rings. The van der Waals surface area contributed by atoms with E-state index in [4.69, 9.17) is 4.42 Å². The van der Waals surface area contributed by atoms with Gasteiger partial charge in [-0.3, -0.25) is 9.59 Å². The van der Waals surface area contributed by atoms with Crippen LogP contribution in [0.4, 0.5) is 0 Å². The van der Waals surface area contributed by atoms with Crippen molar-refractivity contribution in [3.8, 4) is 0 Å². The van der Waals surface area contributed by atoms with Gasteiger partial charge in [0.25, 0.3) is 0 Å². The molecule has 1 unspecified atom stereocenters. The van der Waals surface area contributed by atoms with Crippen LogP contribution in [-0.4, -0.2) is 29.5 Å². The summed E-state index contributed by atoms with van der Waals surface area (Å²) in [5.74, 6) is 0.165. The molecule has 2 rings (SSSR count). The van der Waals surface area contributed by atoms with E-state index in [1.165, 1.54) is 0 Å². The van der Waals surface area contributed by atoms with Gasteiger partial charge >= 0.3 is 11.8 Å². The minimum Gasteiger partial charge on any atom is -0.466 e. The molecule has 1 aliphatic carbocycles. The summed E-state index contributed by atoms with van der Waals surface area (Å²) in [5, 5.41) is 15.1. The molecule has 20 heavy (non-hydrogen) atoms. The zero-order valence-electron chi connectivity index (χ0n) is 11.7. The summed E-state index contributed by atoms with van der Waals surface area (Å²) in [6.45, 7) is 3.84. The molecule has 1 aliphatic rings. The Kier molecular flexibility index (Phi) is 4.44. The lowest BCUT2D eigenvalue weighted by atomic mass is 10.1. The quantitative estimate of drug-likeness (QED) is 0.693. The molecule has 3 N–H and O–H groups in total. The average molecular weight is 280 g/mol. The number of aliphatic hydroxyl groups excluding tert-OH is 1. The summed E-state index contributed by atoms with van der Waals surface area (Å²) < 4.78 is 5.34. The Labute approximate surface area is 117 Å². The highest BCUT2D eigenvalue weighted by Gasteiger charge is 2.26. The molecule has 110 valence electrons. The molecule has 0 radical (unpaired) electrons. The maximum absolute atomic E-state index is 11.5. The first-order valence-electron chi connectivity index (χ1n) is 6.81. The van der Waals surface area contributed by atoms with Crippen LogP contribution in [0.5, 0.6) is 0 Å². The second-order valence-electron chi connectivity index (χ2n) is 5.18. The fourth-order valence-corrected chi connectivity index (χ4v) is 2.02. The van der Waals surface area contributed by atoms with Gasteiger partial charge in [0.15, 0.2) is 0 Å². The Hall–Kier alpha value is -1.82. The molecule has 0 spiro atoms. The summed E-state index contributed by atoms with van der Waals surface area (Å²) in [6, 6.07) is 1.94. The highest BCUT2D eigenvalue weighted by Crippen LogP contribution is 2.23. The van der Waals surface area contributed by atoms with Crippen molar-refractivity contribution in [3.63, 3.8) is 0 Å². The van der Waals surface area contributed by atoms with Gasteiger partial charge in [-0.15, -0.1) is 0 Å². The fourth-order valence-electron chi connectivity index (χ4n) is 2.02. The van der Waals surface area contributed by atoms with E-state index in [2.05, 4.69) is 10.6 Å². The van der Waals surface area contributed by atoms with Crippen LogP contribution < -0.4 is 10.6 Å². The van der Waals surface area contributed by atoms with Crippen molar-refractivity contribution in [2.75, 3.05) is 6.54 Å². The number of hydrogen-bond donors (Lipinski definition) is 3. The molecule has 1 saturated carbocycles. The minimum atomic E-state index is -0.709. The van der Waals surface area contributed by atoms with Crippen LogP contribution in [0.1, 0.15) is 42.5 Å². The van der Waals surface area contributed by atoms with Gasteiger partial charge in [0.1, 0.15) is 11.5 Å². The third-order valence-corrected chi connectivity index (χ3v) is 3.26. The normalized spacial score (nSPS) is 15.8. The van der Waals surface area contributed by atoms with Crippen molar-refractivity contribution in [1.82, 2.24) is 10.6 Å². The Morgan fingerprint density at radius 1 is 1.40 bits per heavy atom. The maximum Gasteiger partial charge on any atom is 0.309 e. The number of aryl methyl sites for hydroxylation is 2. The topological polar surface area (TPSA) is 91.6 Å². The van der Waals surface area contributed by atoms with Crippen molar-refractivity contribution in [1.29, 1.82) is 0 Å². The van der Waals surface area contributed by atoms with Gasteiger partial charge in [-0.05, 0) is 39.2 Å². The average Bonchev–Trinajstić information content (AvgIpc) is 3.12. The van der Waals surface area contributed by atoms with Crippen molar-refractivity contribution >= 4 is 11.8 Å². The molecule has 0 saturated heterocycles. The first kappa shape index (κ1) is 14.6. The summed E-state index contributed by atoms with van der Waals surface area (Å²) in [4.78, 5) is 22.9. The molecule has 1 heterocycles. The van der Waals surface area contributed by atoms with E-state index in [1.54, 1.807) is 13.0 Å². The van der Waals surface area contributed by atoms with Crippen molar-refractivity contribution in [2.45, 2.75) is 45.3 Å². The van der Waals surface area contributed by atoms with E-state index < -0.39 is 17.9 Å². The van der Waals surface area contributed by atoms with E-state index in [0.717, 1.165) is 24.2 Å². The molecule has 0 bridgehead atoms. The Morgan fingerprint density at radius 3 is 2.65 bits per heavy atom. The van der Waals surface area contributed by atoms with Gasteiger partial charge in [0.2, 0.25) is 0 Å². The number of aliphatic hydroxyl groups is 1. The summed E-state index contributed by atoms with van der Waals surface area (Å²) >= 11 is 0. The maximum atomic E-state index is 11.5. The number of amides is 2. The van der Waals surface area contributed by atoms with Gasteiger partial charge < -0.3 is 20.2 Å². The number of furan rings is 1. The van der Waals surface area contributed by atoms with Crippen molar-refractivity contribution < 1.29 is 19.1 Å². The van der Waals surface area contributed by atoms with Gasteiger partial charge in [-0.1, -0.05) is 0 Å². The van der Waals surface area contributed by atoms with Crippen LogP contribution in [0.3, 0.4) is 0 Å². The Morgan fingerprint density at radius 2 is 2.10 bits per heavy atom. The zero-order chi connectivity index (χ0) is 14.7. The van der Waals surface area contributed by atoms with E-state index in [1.807, 2.05) is 6.92 Å². The lowest BCUT2D eigenvalue weighted by Gasteiger charge is -2.10. The minimum absolute atomic E-state index is 0.162. The predicted octanol–water partition coefficient (Wildman–Crippen LogP) is 0.715. The van der Waals surface area contributed by atoms with E-state index in [9.17, 15) is 14.7 Å². The van der Waals surface area contributed by atoms with Crippen LogP contribution >= 0.6 is 0 Å². The summed E-state index contributed by atoms with van der Waals surface area (Å²) in [7, 11) is 0. The third kappa shape index (κ3) is 3.84. The number of carbonyl (C=O) groups excluding carboxylic acids is 2. The Bertz CT molecular complexity index is 505. The van der Waals surface area contributed by atoms with Crippen molar-refractivity contribution in [2.24, 2.45) is 0 Å². The second kappa shape index (κ2) is 6.09. The lowest BCUT2D eigenvalue weighted by molar-refractivity contribution is -0.139. The SMILES string of the molecule is Cc1cc(C(O)CCNC(=O)C(=O)NC2CC2)c(C)o1. The van der Waals surface area contributed by atoms with Crippen LogP contribution in [0.2, 0.25) is 0 Å². The molecule has 0 aromatic carbocycles. The van der Waals surface area contributed by atoms with Gasteiger partial charge in [-0.25, -0.2) is 0 Å². The fraction of sp³-hybridized carbons (Fsp3) is 0.571. The molecule has 0 aliphatic heterocycles. The Balaban J connectivity index is 1.73. The molecular weight excluding hydrogens is 260 g/mol. The molecule has 6 nitrogen and oxygen atoms in total. The monoisotopic (exact) mass is 280 g/mol. The predicted molar refractivity (Wildman–Crippen MR) is 71.9 cm³/mol. The van der Waals surface area contributed by atoms with E-state index >= 15 is 0 Å². The molecule has 1 atom stereocenters. The number of carbonyl (C=O) groups is 2. The standard InChI is InChI=1S/C14H20N2O4/c1-8-7-11(9(2)20-8)12(17)5-6-15-13(18)14(19)16-10-3-4-10/h7,10,12,17H,3-6H2,1-2H3,(H,15,18)(H,16,19). The van der Waals surface area contributed by atoms with Crippen LogP contribution in [0.15, 0.2) is 10.5 Å². The number of hydrogen-bond acceptors (Lipinski definition) is 4. The van der Waals surface area contributed by atoms with E-state index in [0.29, 0.717) is 12.2 Å². The van der Waals surface area contributed by atoms with Crippen LogP contribution in [0, 0.1) is 13.8 Å². The first-order chi connectivity index (χ1) is 9.47. The van der Waals surface area contributed by atoms with E-state index in [-0.39, 0.29) is 12.6 Å². The molecule has 2 amide bonds. The number of rotatable bonds is 5. The largest absolute Gasteiger partial charge is 0.466 e. The summed E-state index contributed by atoms with van der Waals surface area (Å²) in [5.41, 5.74) is 0.721. The molecular formula is C14H20N2O4. The lowest BCUT2D eigenvalue weighted by Crippen LogP contribution is -2.41. The van der Waals surface area contributed by atoms with Gasteiger partial charge in [0, 0.05) is 18.2 Å². The number of nitrogens with one attached hydrogen (secondary N) is 2. The van der Waals surface area contributed by atoms with Crippen molar-refractivity contribution in [3.05, 3.63) is 23.2 Å². The third-order valence-electron chi connectivity index (χ3n) is 3.26. The molecule has 6 heteroatoms. The second-order valence-corrected chi connectivity index (χ2v) is 5.18. The summed E-state index contributed by atoms with van der Waals surface area (Å²) in [6.07, 6.45) is 1.51. The first-order valence-corrected chi connectivity index (χ1v) is 6.81. The van der Waals surface area contributed by atoms with Crippen LogP contribution in [0.25, 0.3) is 0 Å². The highest BCUT2D eigenvalue weighted by molar-refractivity contribution is 6.35. The van der Waals surface area contributed by atoms with Crippen LogP contribution in [-0.2, 0) is 9.59 Å². The van der Waals surface area contributed by atoms with Gasteiger partial charge in [0.05, 0.1) is 6.10 Å². The zero-order valence-corrected chi connectivity index (χ0v) is 11.7.